The Kier molecular flexibility index (Phi) is 10.7. The van der Waals surface area contributed by atoms with Crippen molar-refractivity contribution in [3.05, 3.63) is 35.9 Å². The molecule has 3 amide bonds. The van der Waals surface area contributed by atoms with E-state index in [9.17, 15) is 19.2 Å². The normalized spacial score (nSPS) is 23.9. The highest BCUT2D eigenvalue weighted by molar-refractivity contribution is 5.98. The van der Waals surface area contributed by atoms with Crippen LogP contribution in [0, 0.1) is 5.92 Å². The maximum absolute atomic E-state index is 13.7. The Bertz CT molecular complexity index is 1020. The van der Waals surface area contributed by atoms with Gasteiger partial charge in [-0.15, -0.1) is 0 Å². The number of ketones is 1. The lowest BCUT2D eigenvalue weighted by molar-refractivity contribution is -0.134. The van der Waals surface area contributed by atoms with Crippen molar-refractivity contribution in [2.75, 3.05) is 39.5 Å². The molecule has 1 saturated carbocycles. The minimum atomic E-state index is -0.895. The van der Waals surface area contributed by atoms with Crippen molar-refractivity contribution in [1.29, 1.82) is 0 Å². The maximum Gasteiger partial charge on any atom is 0.243 e. The first-order valence-electron chi connectivity index (χ1n) is 14.7. The van der Waals surface area contributed by atoms with Gasteiger partial charge in [0.1, 0.15) is 17.7 Å². The summed E-state index contributed by atoms with van der Waals surface area (Å²) in [5.41, 5.74) is 0.0311. The van der Waals surface area contributed by atoms with E-state index in [0.717, 1.165) is 31.2 Å². The van der Waals surface area contributed by atoms with E-state index in [4.69, 9.17) is 9.47 Å². The van der Waals surface area contributed by atoms with Gasteiger partial charge in [0.05, 0.1) is 32.4 Å². The third kappa shape index (κ3) is 8.84. The summed E-state index contributed by atoms with van der Waals surface area (Å²) >= 11 is 0. The number of ether oxygens (including phenoxy) is 2. The Hall–Kier alpha value is -2.82. The van der Waals surface area contributed by atoms with Gasteiger partial charge in [0.25, 0.3) is 0 Å². The number of benzene rings is 1. The van der Waals surface area contributed by atoms with Crippen molar-refractivity contribution in [1.82, 2.24) is 20.9 Å². The number of epoxide rings is 1. The van der Waals surface area contributed by atoms with Crippen molar-refractivity contribution < 1.29 is 28.7 Å². The number of carbonyl (C=O) groups is 4. The van der Waals surface area contributed by atoms with Gasteiger partial charge in [-0.25, -0.2) is 0 Å². The molecule has 4 rings (SSSR count). The Balaban J connectivity index is 1.41. The second-order valence-corrected chi connectivity index (χ2v) is 11.6. The van der Waals surface area contributed by atoms with Gasteiger partial charge in [-0.05, 0) is 38.2 Å². The Labute approximate surface area is 236 Å². The SMILES string of the molecule is C[C@H](NC(=O)CN1CCOCC1)C(=O)N[C@@H](CC1CCCCC1)C(=O)N[C@@H](Cc1ccccc1)C(=O)[C@@]1(C)CO1. The van der Waals surface area contributed by atoms with E-state index in [1.54, 1.807) is 13.8 Å². The van der Waals surface area contributed by atoms with Crippen LogP contribution in [0.3, 0.4) is 0 Å². The Morgan fingerprint density at radius 2 is 1.60 bits per heavy atom. The molecule has 1 aromatic carbocycles. The van der Waals surface area contributed by atoms with Gasteiger partial charge in [-0.2, -0.15) is 0 Å². The Morgan fingerprint density at radius 3 is 2.25 bits per heavy atom. The van der Waals surface area contributed by atoms with Gasteiger partial charge in [-0.1, -0.05) is 62.4 Å². The predicted octanol–water partition coefficient (Wildman–Crippen LogP) is 1.36. The van der Waals surface area contributed by atoms with Crippen molar-refractivity contribution in [2.45, 2.75) is 82.5 Å². The van der Waals surface area contributed by atoms with E-state index in [-0.39, 0.29) is 24.1 Å². The fourth-order valence-corrected chi connectivity index (χ4v) is 5.55. The fourth-order valence-electron chi connectivity index (χ4n) is 5.55. The predicted molar refractivity (Wildman–Crippen MR) is 149 cm³/mol. The van der Waals surface area contributed by atoms with Gasteiger partial charge in [0.15, 0.2) is 5.78 Å². The molecule has 2 heterocycles. The molecular formula is C30H44N4O6. The number of carbonyl (C=O) groups excluding carboxylic acids is 4. The van der Waals surface area contributed by atoms with E-state index in [2.05, 4.69) is 16.0 Å². The first kappa shape index (κ1) is 30.1. The molecule has 3 N–H and O–H groups in total. The zero-order chi connectivity index (χ0) is 28.5. The molecule has 10 heteroatoms. The summed E-state index contributed by atoms with van der Waals surface area (Å²) in [5, 5.41) is 8.60. The van der Waals surface area contributed by atoms with E-state index < -0.39 is 29.6 Å². The van der Waals surface area contributed by atoms with Crippen LogP contribution in [0.2, 0.25) is 0 Å². The molecule has 3 aliphatic rings. The highest BCUT2D eigenvalue weighted by Gasteiger charge is 2.50. The zero-order valence-electron chi connectivity index (χ0n) is 23.8. The molecular weight excluding hydrogens is 512 g/mol. The van der Waals surface area contributed by atoms with Crippen LogP contribution >= 0.6 is 0 Å². The lowest BCUT2D eigenvalue weighted by atomic mass is 9.84. The first-order valence-corrected chi connectivity index (χ1v) is 14.7. The van der Waals surface area contributed by atoms with Crippen molar-refractivity contribution in [3.63, 3.8) is 0 Å². The van der Waals surface area contributed by atoms with Crippen LogP contribution in [-0.4, -0.2) is 91.6 Å². The van der Waals surface area contributed by atoms with Crippen molar-refractivity contribution >= 4 is 23.5 Å². The summed E-state index contributed by atoms with van der Waals surface area (Å²) in [6.07, 6.45) is 6.22. The van der Waals surface area contributed by atoms with Crippen LogP contribution in [-0.2, 0) is 35.1 Å². The average Bonchev–Trinajstić information content (AvgIpc) is 3.71. The van der Waals surface area contributed by atoms with Crippen LogP contribution in [0.4, 0.5) is 0 Å². The van der Waals surface area contributed by atoms with E-state index in [1.807, 2.05) is 35.2 Å². The number of amides is 3. The maximum atomic E-state index is 13.7. The highest BCUT2D eigenvalue weighted by atomic mass is 16.6. The summed E-state index contributed by atoms with van der Waals surface area (Å²) in [6, 6.07) is 7.14. The number of Topliss-reactive ketones (excluding diaryl/α,β-unsaturated/α-hetero) is 1. The van der Waals surface area contributed by atoms with Gasteiger partial charge >= 0.3 is 0 Å². The number of hydrogen-bond donors (Lipinski definition) is 3. The molecule has 2 saturated heterocycles. The minimum Gasteiger partial charge on any atom is -0.379 e. The summed E-state index contributed by atoms with van der Waals surface area (Å²) in [7, 11) is 0. The van der Waals surface area contributed by atoms with E-state index in [1.165, 1.54) is 6.42 Å². The van der Waals surface area contributed by atoms with Crippen LogP contribution in [0.5, 0.6) is 0 Å². The molecule has 3 fully saturated rings. The molecule has 10 nitrogen and oxygen atoms in total. The molecule has 1 aliphatic carbocycles. The van der Waals surface area contributed by atoms with Crippen LogP contribution < -0.4 is 16.0 Å². The van der Waals surface area contributed by atoms with Gasteiger partial charge in [0.2, 0.25) is 17.7 Å². The van der Waals surface area contributed by atoms with Gasteiger partial charge < -0.3 is 25.4 Å². The molecule has 2 aliphatic heterocycles. The summed E-state index contributed by atoms with van der Waals surface area (Å²) in [5.74, 6) is -0.914. The standard InChI is InChI=1S/C30H44N4O6/c1-21(31-26(35)19-34-13-15-39-16-14-34)28(37)33-25(18-23-11-7-4-8-12-23)29(38)32-24(27(36)30(2)20-40-30)17-22-9-5-3-6-10-22/h3,5-6,9-10,21,23-25H,4,7-8,11-20H2,1-2H3,(H,31,35)(H,32,38)(H,33,37)/t21-,24-,25-,30+/m0/s1. The minimum absolute atomic E-state index is 0.170. The van der Waals surface area contributed by atoms with Crippen LogP contribution in [0.1, 0.15) is 57.9 Å². The highest BCUT2D eigenvalue weighted by Crippen LogP contribution is 2.30. The van der Waals surface area contributed by atoms with E-state index in [0.29, 0.717) is 51.7 Å². The molecule has 0 radical (unpaired) electrons. The average molecular weight is 557 g/mol. The van der Waals surface area contributed by atoms with Crippen molar-refractivity contribution in [3.8, 4) is 0 Å². The topological polar surface area (TPSA) is 129 Å². The van der Waals surface area contributed by atoms with Gasteiger partial charge in [-0.3, -0.25) is 24.1 Å². The Morgan fingerprint density at radius 1 is 0.950 bits per heavy atom. The number of morpholine rings is 1. The zero-order valence-corrected chi connectivity index (χ0v) is 23.8. The molecule has 40 heavy (non-hydrogen) atoms. The molecule has 0 bridgehead atoms. The van der Waals surface area contributed by atoms with Gasteiger partial charge in [0, 0.05) is 13.1 Å². The van der Waals surface area contributed by atoms with Crippen LogP contribution in [0.25, 0.3) is 0 Å². The fraction of sp³-hybridized carbons (Fsp3) is 0.667. The monoisotopic (exact) mass is 556 g/mol. The number of rotatable bonds is 13. The quantitative estimate of drug-likeness (QED) is 0.313. The summed E-state index contributed by atoms with van der Waals surface area (Å²) in [4.78, 5) is 54.7. The summed E-state index contributed by atoms with van der Waals surface area (Å²) in [6.45, 7) is 6.39. The smallest absolute Gasteiger partial charge is 0.243 e. The lowest BCUT2D eigenvalue weighted by Gasteiger charge is -2.29. The third-order valence-corrected chi connectivity index (χ3v) is 8.18. The number of nitrogens with one attached hydrogen (secondary N) is 3. The summed E-state index contributed by atoms with van der Waals surface area (Å²) < 4.78 is 10.7. The third-order valence-electron chi connectivity index (χ3n) is 8.18. The molecule has 0 unspecified atom stereocenters. The molecule has 0 spiro atoms. The molecule has 220 valence electrons. The first-order chi connectivity index (χ1) is 19.2. The van der Waals surface area contributed by atoms with E-state index >= 15 is 0 Å². The number of nitrogens with zero attached hydrogens (tertiary/aromatic N) is 1. The molecule has 0 aromatic heterocycles. The van der Waals surface area contributed by atoms with Crippen molar-refractivity contribution in [2.24, 2.45) is 5.92 Å². The number of hydrogen-bond acceptors (Lipinski definition) is 7. The lowest BCUT2D eigenvalue weighted by Crippen LogP contribution is -2.57. The molecule has 4 atom stereocenters. The molecule has 1 aromatic rings. The second-order valence-electron chi connectivity index (χ2n) is 11.6. The largest absolute Gasteiger partial charge is 0.379 e. The van der Waals surface area contributed by atoms with Crippen LogP contribution in [0.15, 0.2) is 30.3 Å². The second kappa shape index (κ2) is 14.2.